The minimum Gasteiger partial charge on any atom is -0.300 e. The van der Waals surface area contributed by atoms with Gasteiger partial charge in [-0.25, -0.2) is 12.8 Å². The van der Waals surface area contributed by atoms with Crippen LogP contribution in [0.1, 0.15) is 43.2 Å². The van der Waals surface area contributed by atoms with Crippen LogP contribution in [0.15, 0.2) is 53.4 Å². The molecule has 1 fully saturated rings. The first-order valence-corrected chi connectivity index (χ1v) is 10.9. The van der Waals surface area contributed by atoms with E-state index in [2.05, 4.69) is 9.62 Å². The molecular weight excluding hydrogens is 363 g/mol. The first-order chi connectivity index (χ1) is 12.9. The van der Waals surface area contributed by atoms with Crippen molar-refractivity contribution in [3.63, 3.8) is 0 Å². The molecule has 3 rings (SSSR count). The molecule has 0 aromatic heterocycles. The molecule has 0 unspecified atom stereocenters. The third kappa shape index (κ3) is 4.68. The van der Waals surface area contributed by atoms with Crippen LogP contribution in [0.5, 0.6) is 0 Å². The number of benzene rings is 2. The highest BCUT2D eigenvalue weighted by atomic mass is 32.2. The Morgan fingerprint density at radius 1 is 1.15 bits per heavy atom. The predicted molar refractivity (Wildman–Crippen MR) is 108 cm³/mol. The van der Waals surface area contributed by atoms with Crippen molar-refractivity contribution in [3.05, 3.63) is 59.7 Å². The summed E-state index contributed by atoms with van der Waals surface area (Å²) < 4.78 is 40.8. The Morgan fingerprint density at radius 3 is 2.52 bits per heavy atom. The zero-order valence-corrected chi connectivity index (χ0v) is 16.7. The van der Waals surface area contributed by atoms with Gasteiger partial charge < -0.3 is 4.90 Å². The summed E-state index contributed by atoms with van der Waals surface area (Å²) in [5.74, 6) is 0.499. The lowest BCUT2D eigenvalue weighted by Crippen LogP contribution is -2.22. The van der Waals surface area contributed by atoms with E-state index >= 15 is 0 Å². The van der Waals surface area contributed by atoms with Gasteiger partial charge in [0.15, 0.2) is 0 Å². The maximum Gasteiger partial charge on any atom is 0.262 e. The van der Waals surface area contributed by atoms with E-state index in [9.17, 15) is 12.8 Å². The summed E-state index contributed by atoms with van der Waals surface area (Å²) in [6.45, 7) is 5.91. The third-order valence-electron chi connectivity index (χ3n) is 5.14. The van der Waals surface area contributed by atoms with Crippen molar-refractivity contribution in [3.8, 4) is 0 Å². The van der Waals surface area contributed by atoms with Crippen molar-refractivity contribution < 1.29 is 12.8 Å². The molecule has 1 aliphatic heterocycles. The quantitative estimate of drug-likeness (QED) is 0.764. The van der Waals surface area contributed by atoms with Gasteiger partial charge in [0.1, 0.15) is 6.67 Å². The lowest BCUT2D eigenvalue weighted by molar-refractivity contribution is 0.294. The Labute approximate surface area is 161 Å². The number of hydrogen-bond donors (Lipinski definition) is 1. The second kappa shape index (κ2) is 8.40. The van der Waals surface area contributed by atoms with E-state index in [1.807, 2.05) is 50.2 Å². The highest BCUT2D eigenvalue weighted by Gasteiger charge is 2.24. The van der Waals surface area contributed by atoms with Crippen LogP contribution in [0.25, 0.3) is 0 Å². The fourth-order valence-corrected chi connectivity index (χ4v) is 5.09. The summed E-state index contributed by atoms with van der Waals surface area (Å²) in [6, 6.07) is 14.6. The van der Waals surface area contributed by atoms with E-state index in [4.69, 9.17) is 0 Å². The van der Waals surface area contributed by atoms with Gasteiger partial charge in [-0.2, -0.15) is 0 Å². The Kier molecular flexibility index (Phi) is 6.17. The number of halogens is 1. The number of nitrogens with one attached hydrogen (secondary N) is 1. The Balaban J connectivity index is 1.73. The van der Waals surface area contributed by atoms with Gasteiger partial charge in [0.2, 0.25) is 0 Å². The molecule has 0 bridgehead atoms. The van der Waals surface area contributed by atoms with Crippen molar-refractivity contribution in [2.75, 3.05) is 31.0 Å². The standard InChI is InChI=1S/C21H27FN2O2S/c1-16(2)20-5-3-4-6-21(20)27(25,26)23-19-9-7-17(8-10-19)18-11-13-24(15-18)14-12-22/h3-10,16,18,23H,11-15H2,1-2H3/t18-/m1/s1. The van der Waals surface area contributed by atoms with Gasteiger partial charge >= 0.3 is 0 Å². The summed E-state index contributed by atoms with van der Waals surface area (Å²) >= 11 is 0. The van der Waals surface area contributed by atoms with Crippen LogP contribution in [0.3, 0.4) is 0 Å². The van der Waals surface area contributed by atoms with Crippen LogP contribution < -0.4 is 4.72 Å². The topological polar surface area (TPSA) is 49.4 Å². The maximum atomic E-state index is 12.8. The van der Waals surface area contributed by atoms with E-state index in [0.717, 1.165) is 25.1 Å². The molecule has 1 aliphatic rings. The van der Waals surface area contributed by atoms with Crippen molar-refractivity contribution in [2.24, 2.45) is 0 Å². The monoisotopic (exact) mass is 390 g/mol. The predicted octanol–water partition coefficient (Wildman–Crippen LogP) is 4.37. The first kappa shape index (κ1) is 19.8. The summed E-state index contributed by atoms with van der Waals surface area (Å²) in [5.41, 5.74) is 2.53. The number of sulfonamides is 1. The fraction of sp³-hybridized carbons (Fsp3) is 0.429. The molecule has 0 amide bonds. The first-order valence-electron chi connectivity index (χ1n) is 9.40. The van der Waals surface area contributed by atoms with Crippen molar-refractivity contribution in [1.82, 2.24) is 4.90 Å². The average molecular weight is 391 g/mol. The van der Waals surface area contributed by atoms with Gasteiger partial charge in [0, 0.05) is 18.8 Å². The number of nitrogens with zero attached hydrogens (tertiary/aromatic N) is 1. The van der Waals surface area contributed by atoms with Gasteiger partial charge in [-0.3, -0.25) is 4.72 Å². The molecule has 0 saturated carbocycles. The number of alkyl halides is 1. The lowest BCUT2D eigenvalue weighted by Gasteiger charge is -2.16. The van der Waals surface area contributed by atoms with Crippen LogP contribution in [0, 0.1) is 0 Å². The average Bonchev–Trinajstić information content (AvgIpc) is 3.11. The largest absolute Gasteiger partial charge is 0.300 e. The van der Waals surface area contributed by atoms with Crippen LogP contribution in [-0.2, 0) is 10.0 Å². The molecule has 1 atom stereocenters. The summed E-state index contributed by atoms with van der Waals surface area (Å²) in [7, 11) is -3.64. The van der Waals surface area contributed by atoms with Gasteiger partial charge in [0.25, 0.3) is 10.0 Å². The van der Waals surface area contributed by atoms with Crippen LogP contribution in [0.4, 0.5) is 10.1 Å². The number of likely N-dealkylation sites (tertiary alicyclic amines) is 1. The van der Waals surface area contributed by atoms with Crippen molar-refractivity contribution in [1.29, 1.82) is 0 Å². The van der Waals surface area contributed by atoms with Crippen LogP contribution in [0.2, 0.25) is 0 Å². The van der Waals surface area contributed by atoms with Gasteiger partial charge in [-0.15, -0.1) is 0 Å². The van der Waals surface area contributed by atoms with E-state index in [1.165, 1.54) is 5.56 Å². The van der Waals surface area contributed by atoms with E-state index in [-0.39, 0.29) is 12.6 Å². The molecule has 6 heteroatoms. The number of anilines is 1. The summed E-state index contributed by atoms with van der Waals surface area (Å²) in [6.07, 6.45) is 1.01. The fourth-order valence-electron chi connectivity index (χ4n) is 3.66. The molecule has 0 spiro atoms. The minimum atomic E-state index is -3.64. The molecule has 1 N–H and O–H groups in total. The zero-order valence-electron chi connectivity index (χ0n) is 15.9. The second-order valence-corrected chi connectivity index (χ2v) is 9.05. The molecule has 0 radical (unpaired) electrons. The molecule has 1 heterocycles. The van der Waals surface area contributed by atoms with Gasteiger partial charge in [-0.1, -0.05) is 44.2 Å². The molecule has 2 aromatic rings. The van der Waals surface area contributed by atoms with Crippen molar-refractivity contribution in [2.45, 2.75) is 37.0 Å². The molecule has 27 heavy (non-hydrogen) atoms. The highest BCUT2D eigenvalue weighted by Crippen LogP contribution is 2.29. The molecule has 0 aliphatic carbocycles. The van der Waals surface area contributed by atoms with Gasteiger partial charge in [0.05, 0.1) is 4.90 Å². The normalized spacial score (nSPS) is 18.1. The second-order valence-electron chi connectivity index (χ2n) is 7.40. The van der Waals surface area contributed by atoms with Crippen LogP contribution >= 0.6 is 0 Å². The number of hydrogen-bond acceptors (Lipinski definition) is 3. The highest BCUT2D eigenvalue weighted by molar-refractivity contribution is 7.92. The Bertz CT molecular complexity index is 866. The summed E-state index contributed by atoms with van der Waals surface area (Å²) in [4.78, 5) is 2.45. The third-order valence-corrected chi connectivity index (χ3v) is 6.59. The molecule has 1 saturated heterocycles. The molecule has 2 aromatic carbocycles. The maximum absolute atomic E-state index is 12.8. The van der Waals surface area contributed by atoms with Crippen LogP contribution in [-0.4, -0.2) is 39.6 Å². The van der Waals surface area contributed by atoms with E-state index in [0.29, 0.717) is 23.0 Å². The molecule has 146 valence electrons. The Hall–Kier alpha value is -1.92. The number of rotatable bonds is 7. The lowest BCUT2D eigenvalue weighted by atomic mass is 9.98. The molecule has 4 nitrogen and oxygen atoms in total. The van der Waals surface area contributed by atoms with E-state index < -0.39 is 10.0 Å². The molecular formula is C21H27FN2O2S. The van der Waals surface area contributed by atoms with Gasteiger partial charge in [-0.05, 0) is 54.1 Å². The summed E-state index contributed by atoms with van der Waals surface area (Å²) in [5, 5.41) is 0. The van der Waals surface area contributed by atoms with E-state index in [1.54, 1.807) is 12.1 Å². The Morgan fingerprint density at radius 2 is 1.85 bits per heavy atom. The zero-order chi connectivity index (χ0) is 19.4. The minimum absolute atomic E-state index is 0.120. The SMILES string of the molecule is CC(C)c1ccccc1S(=O)(=O)Nc1ccc([C@@H]2CCN(CCF)C2)cc1. The van der Waals surface area contributed by atoms with Crippen molar-refractivity contribution >= 4 is 15.7 Å². The smallest absolute Gasteiger partial charge is 0.262 e.